The highest BCUT2D eigenvalue weighted by Crippen LogP contribution is 2.25. The van der Waals surface area contributed by atoms with E-state index in [9.17, 15) is 14.3 Å². The molecule has 2 aromatic rings. The second-order valence-corrected chi connectivity index (χ2v) is 5.56. The zero-order valence-corrected chi connectivity index (χ0v) is 13.6. The van der Waals surface area contributed by atoms with Crippen LogP contribution in [0.3, 0.4) is 0 Å². The summed E-state index contributed by atoms with van der Waals surface area (Å²) in [6.45, 7) is 2.04. The highest BCUT2D eigenvalue weighted by molar-refractivity contribution is 7.13. The van der Waals surface area contributed by atoms with E-state index in [-0.39, 0.29) is 28.7 Å². The first-order chi connectivity index (χ1) is 11.0. The molecule has 0 bridgehead atoms. The fourth-order valence-corrected chi connectivity index (χ4v) is 2.45. The van der Waals surface area contributed by atoms with Crippen LogP contribution in [0, 0.1) is 5.82 Å². The SMILES string of the molecule is CCOC(=O)Cc1csc(NN=Cc2c(O)ccc(Cl)c2F)n1. The van der Waals surface area contributed by atoms with E-state index in [2.05, 4.69) is 15.5 Å². The zero-order chi connectivity index (χ0) is 16.8. The number of aromatic nitrogens is 1. The first kappa shape index (κ1) is 17.2. The van der Waals surface area contributed by atoms with Gasteiger partial charge in [0.05, 0.1) is 35.5 Å². The molecule has 23 heavy (non-hydrogen) atoms. The van der Waals surface area contributed by atoms with E-state index in [1.165, 1.54) is 23.5 Å². The number of aromatic hydroxyl groups is 1. The minimum Gasteiger partial charge on any atom is -0.507 e. The molecule has 6 nitrogen and oxygen atoms in total. The van der Waals surface area contributed by atoms with Gasteiger partial charge in [0.25, 0.3) is 0 Å². The molecule has 0 aliphatic carbocycles. The highest BCUT2D eigenvalue weighted by Gasteiger charge is 2.10. The smallest absolute Gasteiger partial charge is 0.311 e. The van der Waals surface area contributed by atoms with Gasteiger partial charge in [-0.1, -0.05) is 11.6 Å². The molecule has 0 unspecified atom stereocenters. The van der Waals surface area contributed by atoms with Crippen molar-refractivity contribution in [1.82, 2.24) is 4.98 Å². The molecular weight excluding hydrogens is 345 g/mol. The second kappa shape index (κ2) is 7.89. The Morgan fingerprint density at radius 1 is 1.61 bits per heavy atom. The molecule has 0 fully saturated rings. The summed E-state index contributed by atoms with van der Waals surface area (Å²) in [6, 6.07) is 2.52. The van der Waals surface area contributed by atoms with E-state index in [0.717, 1.165) is 6.21 Å². The molecule has 1 aromatic carbocycles. The van der Waals surface area contributed by atoms with Gasteiger partial charge in [-0.05, 0) is 19.1 Å². The molecule has 0 radical (unpaired) electrons. The lowest BCUT2D eigenvalue weighted by Crippen LogP contribution is -2.07. The monoisotopic (exact) mass is 357 g/mol. The molecule has 1 aromatic heterocycles. The Morgan fingerprint density at radius 3 is 3.13 bits per heavy atom. The number of halogens is 2. The van der Waals surface area contributed by atoms with Crippen LogP contribution in [0.2, 0.25) is 5.02 Å². The average molecular weight is 358 g/mol. The lowest BCUT2D eigenvalue weighted by Gasteiger charge is -2.02. The van der Waals surface area contributed by atoms with E-state index in [0.29, 0.717) is 17.4 Å². The van der Waals surface area contributed by atoms with E-state index in [4.69, 9.17) is 16.3 Å². The number of rotatable bonds is 6. The van der Waals surface area contributed by atoms with Gasteiger partial charge in [-0.3, -0.25) is 10.2 Å². The number of nitrogens with one attached hydrogen (secondary N) is 1. The fourth-order valence-electron chi connectivity index (χ4n) is 1.63. The molecule has 2 N–H and O–H groups in total. The third-order valence-corrected chi connectivity index (χ3v) is 3.73. The number of carbonyl (C=O) groups is 1. The first-order valence-electron chi connectivity index (χ1n) is 6.57. The standard InChI is InChI=1S/C14H13ClFN3O3S/c1-2-22-12(21)5-8-7-23-14(18-8)19-17-6-9-11(20)4-3-10(15)13(9)16/h3-4,6-7,20H,2,5H2,1H3,(H,18,19). The van der Waals surface area contributed by atoms with Crippen LogP contribution in [0.4, 0.5) is 9.52 Å². The number of ether oxygens (including phenoxy) is 1. The highest BCUT2D eigenvalue weighted by atomic mass is 35.5. The lowest BCUT2D eigenvalue weighted by atomic mass is 10.2. The Kier molecular flexibility index (Phi) is 5.89. The number of benzene rings is 1. The van der Waals surface area contributed by atoms with Gasteiger partial charge in [0, 0.05) is 5.38 Å². The molecule has 0 saturated carbocycles. The molecule has 0 aliphatic heterocycles. The second-order valence-electron chi connectivity index (χ2n) is 4.29. The van der Waals surface area contributed by atoms with Crippen LogP contribution in [0.15, 0.2) is 22.6 Å². The van der Waals surface area contributed by atoms with Crippen LogP contribution in [-0.2, 0) is 16.0 Å². The molecule has 2 rings (SSSR count). The number of carbonyl (C=O) groups excluding carboxylic acids is 1. The normalized spacial score (nSPS) is 10.9. The van der Waals surface area contributed by atoms with Crippen LogP contribution < -0.4 is 5.43 Å². The minimum absolute atomic E-state index is 0.0689. The van der Waals surface area contributed by atoms with Crippen molar-refractivity contribution in [3.63, 3.8) is 0 Å². The molecule has 0 aliphatic rings. The van der Waals surface area contributed by atoms with Gasteiger partial charge in [0.1, 0.15) is 5.75 Å². The number of phenolic OH excluding ortho intramolecular Hbond substituents is 1. The van der Waals surface area contributed by atoms with Crippen molar-refractivity contribution >= 4 is 40.3 Å². The Bertz CT molecular complexity index is 736. The first-order valence-corrected chi connectivity index (χ1v) is 7.83. The number of nitrogens with zero attached hydrogens (tertiary/aromatic N) is 2. The van der Waals surface area contributed by atoms with Crippen molar-refractivity contribution in [2.45, 2.75) is 13.3 Å². The number of hydrogen-bond acceptors (Lipinski definition) is 7. The van der Waals surface area contributed by atoms with Crippen molar-refractivity contribution in [1.29, 1.82) is 0 Å². The summed E-state index contributed by atoms with van der Waals surface area (Å²) in [5, 5.41) is 15.4. The predicted octanol–water partition coefficient (Wildman–Crippen LogP) is 3.19. The topological polar surface area (TPSA) is 83.8 Å². The molecule has 0 spiro atoms. The quantitative estimate of drug-likeness (QED) is 0.471. The molecule has 122 valence electrons. The van der Waals surface area contributed by atoms with E-state index >= 15 is 0 Å². The lowest BCUT2D eigenvalue weighted by molar-refractivity contribution is -0.142. The van der Waals surface area contributed by atoms with Crippen LogP contribution in [-0.4, -0.2) is 28.9 Å². The number of anilines is 1. The number of hydrazone groups is 1. The summed E-state index contributed by atoms with van der Waals surface area (Å²) in [5.74, 6) is -1.40. The van der Waals surface area contributed by atoms with Gasteiger partial charge in [-0.25, -0.2) is 9.37 Å². The van der Waals surface area contributed by atoms with Crippen molar-refractivity contribution in [2.24, 2.45) is 5.10 Å². The summed E-state index contributed by atoms with van der Waals surface area (Å²) in [6.07, 6.45) is 1.17. The van der Waals surface area contributed by atoms with Gasteiger partial charge in [0.2, 0.25) is 5.13 Å². The molecule has 9 heteroatoms. The number of thiazole rings is 1. The molecule has 0 atom stereocenters. The Labute approximate surface area is 140 Å². The maximum Gasteiger partial charge on any atom is 0.311 e. The van der Waals surface area contributed by atoms with Crippen LogP contribution in [0.25, 0.3) is 0 Å². The van der Waals surface area contributed by atoms with Gasteiger partial charge in [-0.2, -0.15) is 5.10 Å². The number of phenols is 1. The zero-order valence-electron chi connectivity index (χ0n) is 12.0. The van der Waals surface area contributed by atoms with E-state index in [1.807, 2.05) is 0 Å². The average Bonchev–Trinajstić information content (AvgIpc) is 2.94. The third-order valence-electron chi connectivity index (χ3n) is 2.65. The van der Waals surface area contributed by atoms with Crippen LogP contribution in [0.1, 0.15) is 18.2 Å². The molecule has 1 heterocycles. The third kappa shape index (κ3) is 4.64. The Hall–Kier alpha value is -2.19. The van der Waals surface area contributed by atoms with Gasteiger partial charge in [-0.15, -0.1) is 11.3 Å². The Morgan fingerprint density at radius 2 is 2.39 bits per heavy atom. The van der Waals surface area contributed by atoms with Gasteiger partial charge >= 0.3 is 5.97 Å². The summed E-state index contributed by atoms with van der Waals surface area (Å²) >= 11 is 6.87. The van der Waals surface area contributed by atoms with Crippen molar-refractivity contribution in [2.75, 3.05) is 12.0 Å². The summed E-state index contributed by atoms with van der Waals surface area (Å²) in [5.41, 5.74) is 3.01. The maximum absolute atomic E-state index is 13.7. The Balaban J connectivity index is 2.00. The van der Waals surface area contributed by atoms with Crippen molar-refractivity contribution in [3.05, 3.63) is 39.6 Å². The maximum atomic E-state index is 13.7. The summed E-state index contributed by atoms with van der Waals surface area (Å²) in [4.78, 5) is 15.5. The van der Waals surface area contributed by atoms with Gasteiger partial charge < -0.3 is 9.84 Å². The molecule has 0 saturated heterocycles. The van der Waals surface area contributed by atoms with Crippen molar-refractivity contribution in [3.8, 4) is 5.75 Å². The van der Waals surface area contributed by atoms with Gasteiger partial charge in [0.15, 0.2) is 5.82 Å². The minimum atomic E-state index is -0.764. The van der Waals surface area contributed by atoms with Crippen molar-refractivity contribution < 1.29 is 19.0 Å². The van der Waals surface area contributed by atoms with Crippen LogP contribution >= 0.6 is 22.9 Å². The fraction of sp³-hybridized carbons (Fsp3) is 0.214. The predicted molar refractivity (Wildman–Crippen MR) is 86.7 cm³/mol. The summed E-state index contributed by atoms with van der Waals surface area (Å²) < 4.78 is 18.6. The molecular formula is C14H13ClFN3O3S. The van der Waals surface area contributed by atoms with E-state index in [1.54, 1.807) is 12.3 Å². The van der Waals surface area contributed by atoms with Crippen LogP contribution in [0.5, 0.6) is 5.75 Å². The number of esters is 1. The molecule has 0 amide bonds. The largest absolute Gasteiger partial charge is 0.507 e. The van der Waals surface area contributed by atoms with E-state index < -0.39 is 5.82 Å². The summed E-state index contributed by atoms with van der Waals surface area (Å²) in [7, 11) is 0. The number of hydrogen-bond donors (Lipinski definition) is 2.